The maximum Gasteiger partial charge on any atom is 0.112 e. The highest BCUT2D eigenvalue weighted by atomic mass is 32.1. The molecule has 0 radical (unpaired) electrons. The fourth-order valence-corrected chi connectivity index (χ4v) is 3.71. The number of aromatic nitrogens is 2. The van der Waals surface area contributed by atoms with E-state index < -0.39 is 0 Å². The Morgan fingerprint density at radius 1 is 0.760 bits per heavy atom. The maximum absolute atomic E-state index is 4.62. The third-order valence-corrected chi connectivity index (χ3v) is 6.42. The van der Waals surface area contributed by atoms with E-state index in [-0.39, 0.29) is 10.8 Å². The van der Waals surface area contributed by atoms with Crippen molar-refractivity contribution in [1.29, 1.82) is 0 Å². The molecule has 0 bridgehead atoms. The zero-order valence-electron chi connectivity index (χ0n) is 16.2. The molecule has 2 nitrogen and oxygen atoms in total. The first-order chi connectivity index (χ1) is 11.8. The summed E-state index contributed by atoms with van der Waals surface area (Å²) in [5.74, 6) is 0. The van der Waals surface area contributed by atoms with Crippen molar-refractivity contribution in [2.24, 2.45) is 0 Å². The lowest BCUT2D eigenvalue weighted by molar-refractivity contribution is 0.506. The second-order valence-electron chi connectivity index (χ2n) is 8.17. The number of benzene rings is 2. The van der Waals surface area contributed by atoms with Crippen LogP contribution >= 0.6 is 11.7 Å². The van der Waals surface area contributed by atoms with Crippen molar-refractivity contribution in [3.63, 3.8) is 0 Å². The Hall–Kier alpha value is -1.74. The lowest BCUT2D eigenvalue weighted by atomic mass is 9.80. The quantitative estimate of drug-likeness (QED) is 0.508. The fraction of sp³-hybridized carbons (Fsp3) is 0.455. The molecule has 3 rings (SSSR count). The Morgan fingerprint density at radius 3 is 1.96 bits per heavy atom. The lowest BCUT2D eigenvalue weighted by Gasteiger charge is -2.24. The first-order valence-electron chi connectivity index (χ1n) is 9.17. The van der Waals surface area contributed by atoms with Crippen molar-refractivity contribution in [1.82, 2.24) is 8.75 Å². The standard InChI is InChI=1S/C22H28N2S/c1-7-21(3,4)16-11-9-15(10-12-16)17-13-14-18(22(5,6)8-2)20-19(17)23-25-24-20/h9-14H,7-8H2,1-6H3. The van der Waals surface area contributed by atoms with Crippen molar-refractivity contribution in [3.8, 4) is 11.1 Å². The lowest BCUT2D eigenvalue weighted by Crippen LogP contribution is -2.16. The first-order valence-corrected chi connectivity index (χ1v) is 9.90. The Balaban J connectivity index is 2.09. The van der Waals surface area contributed by atoms with Gasteiger partial charge >= 0.3 is 0 Å². The van der Waals surface area contributed by atoms with Crippen LogP contribution in [-0.4, -0.2) is 8.75 Å². The van der Waals surface area contributed by atoms with Crippen LogP contribution in [-0.2, 0) is 10.8 Å². The Kier molecular flexibility index (Phi) is 4.72. The van der Waals surface area contributed by atoms with Gasteiger partial charge in [0.15, 0.2) is 0 Å². The maximum atomic E-state index is 4.62. The van der Waals surface area contributed by atoms with E-state index in [1.165, 1.54) is 34.0 Å². The molecular formula is C22H28N2S. The molecule has 1 heterocycles. The van der Waals surface area contributed by atoms with Crippen LogP contribution in [0.2, 0.25) is 0 Å². The molecule has 132 valence electrons. The molecule has 0 aliphatic heterocycles. The minimum atomic E-state index is 0.113. The average molecular weight is 353 g/mol. The fourth-order valence-electron chi connectivity index (χ4n) is 3.14. The van der Waals surface area contributed by atoms with Gasteiger partial charge in [0.25, 0.3) is 0 Å². The Bertz CT molecular complexity index is 873. The van der Waals surface area contributed by atoms with Gasteiger partial charge in [-0.15, -0.1) is 0 Å². The summed E-state index contributed by atoms with van der Waals surface area (Å²) in [4.78, 5) is 0. The van der Waals surface area contributed by atoms with Gasteiger partial charge in [-0.05, 0) is 40.4 Å². The molecule has 0 aliphatic rings. The van der Waals surface area contributed by atoms with Crippen LogP contribution in [0.1, 0.15) is 65.5 Å². The molecule has 3 heteroatoms. The second-order valence-corrected chi connectivity index (χ2v) is 8.70. The highest BCUT2D eigenvalue weighted by molar-refractivity contribution is 7.00. The van der Waals surface area contributed by atoms with Gasteiger partial charge < -0.3 is 0 Å². The van der Waals surface area contributed by atoms with Crippen molar-refractivity contribution < 1.29 is 0 Å². The summed E-state index contributed by atoms with van der Waals surface area (Å²) in [6.45, 7) is 13.6. The van der Waals surface area contributed by atoms with Gasteiger partial charge in [0, 0.05) is 5.56 Å². The molecule has 0 atom stereocenters. The smallest absolute Gasteiger partial charge is 0.112 e. The van der Waals surface area contributed by atoms with Crippen molar-refractivity contribution in [2.45, 2.75) is 65.2 Å². The summed E-state index contributed by atoms with van der Waals surface area (Å²) in [6.07, 6.45) is 2.22. The molecule has 25 heavy (non-hydrogen) atoms. The molecule has 2 aromatic carbocycles. The first kappa shape index (κ1) is 18.1. The van der Waals surface area contributed by atoms with Crippen molar-refractivity contribution in [3.05, 3.63) is 47.5 Å². The van der Waals surface area contributed by atoms with E-state index in [4.69, 9.17) is 0 Å². The molecule has 1 aromatic heterocycles. The van der Waals surface area contributed by atoms with E-state index in [1.807, 2.05) is 0 Å². The monoisotopic (exact) mass is 352 g/mol. The Labute approximate surface area is 155 Å². The summed E-state index contributed by atoms with van der Waals surface area (Å²) in [5, 5.41) is 0. The topological polar surface area (TPSA) is 25.8 Å². The molecule has 0 unspecified atom stereocenters. The summed E-state index contributed by atoms with van der Waals surface area (Å²) in [6, 6.07) is 13.4. The third-order valence-electron chi connectivity index (χ3n) is 5.89. The summed E-state index contributed by atoms with van der Waals surface area (Å²) >= 11 is 1.31. The van der Waals surface area contributed by atoms with E-state index in [0.717, 1.165) is 23.9 Å². The van der Waals surface area contributed by atoms with Crippen LogP contribution in [0.5, 0.6) is 0 Å². The molecule has 0 spiro atoms. The van der Waals surface area contributed by atoms with Crippen LogP contribution in [0.25, 0.3) is 22.2 Å². The van der Waals surface area contributed by atoms with E-state index in [1.54, 1.807) is 0 Å². The highest BCUT2D eigenvalue weighted by Gasteiger charge is 2.24. The molecule has 0 amide bonds. The molecule has 0 N–H and O–H groups in total. The van der Waals surface area contributed by atoms with Crippen LogP contribution in [0.4, 0.5) is 0 Å². The van der Waals surface area contributed by atoms with Crippen LogP contribution in [0.3, 0.4) is 0 Å². The number of fused-ring (bicyclic) bond motifs is 1. The van der Waals surface area contributed by atoms with Crippen molar-refractivity contribution >= 4 is 22.8 Å². The zero-order valence-corrected chi connectivity index (χ0v) is 17.0. The third kappa shape index (κ3) is 3.22. The van der Waals surface area contributed by atoms with Crippen LogP contribution in [0.15, 0.2) is 36.4 Å². The zero-order chi connectivity index (χ0) is 18.2. The van der Waals surface area contributed by atoms with Gasteiger partial charge in [0.1, 0.15) is 11.0 Å². The molecule has 3 aromatic rings. The van der Waals surface area contributed by atoms with E-state index in [9.17, 15) is 0 Å². The second kappa shape index (κ2) is 6.53. The number of nitrogens with zero attached hydrogens (tertiary/aromatic N) is 2. The minimum Gasteiger partial charge on any atom is -0.173 e. The highest BCUT2D eigenvalue weighted by Crippen LogP contribution is 2.37. The SMILES string of the molecule is CCC(C)(C)c1ccc(-c2ccc(C(C)(C)CC)c3nsnc23)cc1. The summed E-state index contributed by atoms with van der Waals surface area (Å²) in [7, 11) is 0. The van der Waals surface area contributed by atoms with Gasteiger partial charge in [0.05, 0.1) is 11.7 Å². The predicted molar refractivity (Wildman–Crippen MR) is 109 cm³/mol. The minimum absolute atomic E-state index is 0.113. The van der Waals surface area contributed by atoms with Gasteiger partial charge in [-0.3, -0.25) is 0 Å². The predicted octanol–water partition coefficient (Wildman–Crippen LogP) is 6.73. The number of hydrogen-bond donors (Lipinski definition) is 0. The van der Waals surface area contributed by atoms with Gasteiger partial charge in [-0.25, -0.2) is 0 Å². The molecule has 0 saturated heterocycles. The molecular weight excluding hydrogens is 324 g/mol. The molecule has 0 aliphatic carbocycles. The van der Waals surface area contributed by atoms with Gasteiger partial charge in [-0.2, -0.15) is 8.75 Å². The summed E-state index contributed by atoms with van der Waals surface area (Å²) < 4.78 is 9.24. The number of hydrogen-bond acceptors (Lipinski definition) is 3. The normalized spacial score (nSPS) is 12.7. The van der Waals surface area contributed by atoms with Crippen LogP contribution < -0.4 is 0 Å². The largest absolute Gasteiger partial charge is 0.173 e. The van der Waals surface area contributed by atoms with Crippen LogP contribution in [0, 0.1) is 0 Å². The van der Waals surface area contributed by atoms with Gasteiger partial charge in [0.2, 0.25) is 0 Å². The molecule has 0 saturated carbocycles. The van der Waals surface area contributed by atoms with E-state index >= 15 is 0 Å². The van der Waals surface area contributed by atoms with E-state index in [0.29, 0.717) is 0 Å². The average Bonchev–Trinajstić information content (AvgIpc) is 3.10. The molecule has 0 fully saturated rings. The Morgan fingerprint density at radius 2 is 1.36 bits per heavy atom. The van der Waals surface area contributed by atoms with Gasteiger partial charge in [-0.1, -0.05) is 77.9 Å². The van der Waals surface area contributed by atoms with Crippen molar-refractivity contribution in [2.75, 3.05) is 0 Å². The number of rotatable bonds is 5. The summed E-state index contributed by atoms with van der Waals surface area (Å²) in [5.41, 5.74) is 7.50. The van der Waals surface area contributed by atoms with E-state index in [2.05, 4.69) is 86.7 Å².